The van der Waals surface area contributed by atoms with E-state index in [1.54, 1.807) is 11.9 Å². The van der Waals surface area contributed by atoms with E-state index < -0.39 is 5.97 Å². The molecule has 0 atom stereocenters. The van der Waals surface area contributed by atoms with Crippen molar-refractivity contribution in [2.75, 3.05) is 13.6 Å². The highest BCUT2D eigenvalue weighted by Gasteiger charge is 2.15. The van der Waals surface area contributed by atoms with Crippen molar-refractivity contribution in [3.8, 4) is 5.75 Å². The molecule has 2 N–H and O–H groups in total. The Balaban J connectivity index is 3.03. The number of hydrogen-bond acceptors (Lipinski definition) is 4. The number of carboxylic acid groups (broad SMARTS) is 1. The molecule has 0 radical (unpaired) electrons. The maximum Gasteiger partial charge on any atom is 0.304 e. The number of nitrogens with zero attached hydrogens (tertiary/aromatic N) is 2. The number of rotatable bonds is 8. The number of carbonyl (C=O) groups is 1. The summed E-state index contributed by atoms with van der Waals surface area (Å²) >= 11 is 0. The number of hydrogen-bond donors (Lipinski definition) is 2. The zero-order chi connectivity index (χ0) is 16.9. The van der Waals surface area contributed by atoms with Crippen molar-refractivity contribution in [1.82, 2.24) is 9.47 Å². The molecule has 1 aromatic rings. The van der Waals surface area contributed by atoms with Crippen LogP contribution in [0.5, 0.6) is 5.75 Å². The van der Waals surface area contributed by atoms with E-state index in [9.17, 15) is 14.7 Å². The molecule has 1 heterocycles. The first kappa shape index (κ1) is 18.2. The van der Waals surface area contributed by atoms with Crippen molar-refractivity contribution in [3.05, 3.63) is 27.7 Å². The highest BCUT2D eigenvalue weighted by molar-refractivity contribution is 5.66. The van der Waals surface area contributed by atoms with Crippen molar-refractivity contribution in [2.45, 2.75) is 46.7 Å². The second-order valence-corrected chi connectivity index (χ2v) is 6.16. The summed E-state index contributed by atoms with van der Waals surface area (Å²) in [5, 5.41) is 18.9. The topological polar surface area (TPSA) is 82.8 Å². The predicted octanol–water partition coefficient (Wildman–Crippen LogP) is 1.81. The molecule has 0 saturated heterocycles. The normalized spacial score (nSPS) is 11.4. The van der Waals surface area contributed by atoms with Crippen LogP contribution in [-0.4, -0.2) is 39.2 Å². The van der Waals surface area contributed by atoms with Gasteiger partial charge in [0.1, 0.15) is 0 Å². The van der Waals surface area contributed by atoms with Gasteiger partial charge in [-0.15, -0.1) is 0 Å². The van der Waals surface area contributed by atoms with Gasteiger partial charge in [0, 0.05) is 31.4 Å². The first-order chi connectivity index (χ1) is 10.2. The third-order valence-electron chi connectivity index (χ3n) is 3.66. The van der Waals surface area contributed by atoms with Crippen LogP contribution in [-0.2, 0) is 17.9 Å². The van der Waals surface area contributed by atoms with Gasteiger partial charge in [-0.05, 0) is 26.3 Å². The molecule has 0 spiro atoms. The fourth-order valence-electron chi connectivity index (χ4n) is 2.30. The van der Waals surface area contributed by atoms with Gasteiger partial charge in [-0.2, -0.15) is 0 Å². The molecule has 1 aromatic heterocycles. The van der Waals surface area contributed by atoms with Gasteiger partial charge in [0.2, 0.25) is 5.43 Å². The quantitative estimate of drug-likeness (QED) is 0.765. The molecule has 0 fully saturated rings. The molecule has 0 aliphatic carbocycles. The minimum atomic E-state index is -0.863. The van der Waals surface area contributed by atoms with Crippen LogP contribution in [0.3, 0.4) is 0 Å². The fraction of sp³-hybridized carbons (Fsp3) is 0.625. The van der Waals surface area contributed by atoms with Crippen molar-refractivity contribution in [3.63, 3.8) is 0 Å². The molecule has 22 heavy (non-hydrogen) atoms. The SMILES string of the molecule is Cc1cc(=O)c(O)c(CN(C)CCC(=O)O)n1CCC(C)C. The second kappa shape index (κ2) is 7.98. The summed E-state index contributed by atoms with van der Waals surface area (Å²) in [6, 6.07) is 1.44. The van der Waals surface area contributed by atoms with Gasteiger partial charge in [0.05, 0.1) is 12.1 Å². The Morgan fingerprint density at radius 1 is 1.41 bits per heavy atom. The maximum absolute atomic E-state index is 11.8. The standard InChI is InChI=1S/C16H26N2O4/c1-11(2)5-8-18-12(3)9-14(19)16(22)13(18)10-17(4)7-6-15(20)21/h9,11,22H,5-8,10H2,1-4H3,(H,20,21). The number of pyridine rings is 1. The lowest BCUT2D eigenvalue weighted by molar-refractivity contribution is -0.137. The van der Waals surface area contributed by atoms with Gasteiger partial charge >= 0.3 is 5.97 Å². The van der Waals surface area contributed by atoms with Crippen LogP contribution in [0.15, 0.2) is 10.9 Å². The Labute approximate surface area is 131 Å². The molecule has 0 saturated carbocycles. The van der Waals surface area contributed by atoms with Crippen LogP contribution in [0.1, 0.15) is 38.1 Å². The smallest absolute Gasteiger partial charge is 0.304 e. The van der Waals surface area contributed by atoms with E-state index in [0.29, 0.717) is 24.7 Å². The van der Waals surface area contributed by atoms with Crippen molar-refractivity contribution >= 4 is 5.97 Å². The number of aromatic hydroxyl groups is 1. The van der Waals surface area contributed by atoms with Gasteiger partial charge < -0.3 is 14.8 Å². The highest BCUT2D eigenvalue weighted by Crippen LogP contribution is 2.18. The van der Waals surface area contributed by atoms with Crippen molar-refractivity contribution in [2.24, 2.45) is 5.92 Å². The first-order valence-electron chi connectivity index (χ1n) is 7.55. The molecule has 0 amide bonds. The minimum absolute atomic E-state index is 0.0271. The van der Waals surface area contributed by atoms with E-state index in [-0.39, 0.29) is 17.6 Å². The lowest BCUT2D eigenvalue weighted by atomic mass is 10.1. The van der Waals surface area contributed by atoms with E-state index in [1.165, 1.54) is 6.07 Å². The van der Waals surface area contributed by atoms with E-state index in [1.807, 2.05) is 11.5 Å². The molecule has 124 valence electrons. The van der Waals surface area contributed by atoms with Gasteiger partial charge in [0.15, 0.2) is 5.75 Å². The van der Waals surface area contributed by atoms with Crippen LogP contribution in [0.2, 0.25) is 0 Å². The highest BCUT2D eigenvalue weighted by atomic mass is 16.4. The molecule has 0 aliphatic heterocycles. The van der Waals surface area contributed by atoms with Crippen LogP contribution in [0, 0.1) is 12.8 Å². The lowest BCUT2D eigenvalue weighted by Gasteiger charge is -2.23. The Bertz CT molecular complexity index is 578. The summed E-state index contributed by atoms with van der Waals surface area (Å²) < 4.78 is 1.95. The average molecular weight is 310 g/mol. The van der Waals surface area contributed by atoms with E-state index >= 15 is 0 Å². The van der Waals surface area contributed by atoms with Gasteiger partial charge in [0.25, 0.3) is 0 Å². The summed E-state index contributed by atoms with van der Waals surface area (Å²) in [5.74, 6) is -0.590. The van der Waals surface area contributed by atoms with Gasteiger partial charge in [-0.1, -0.05) is 13.8 Å². The zero-order valence-electron chi connectivity index (χ0n) is 13.8. The minimum Gasteiger partial charge on any atom is -0.503 e. The van der Waals surface area contributed by atoms with Crippen LogP contribution in [0.4, 0.5) is 0 Å². The van der Waals surface area contributed by atoms with E-state index in [4.69, 9.17) is 5.11 Å². The van der Waals surface area contributed by atoms with Crippen LogP contribution in [0.25, 0.3) is 0 Å². The number of aromatic nitrogens is 1. The Kier molecular flexibility index (Phi) is 6.61. The van der Waals surface area contributed by atoms with Crippen LogP contribution < -0.4 is 5.43 Å². The molecule has 0 bridgehead atoms. The van der Waals surface area contributed by atoms with Gasteiger partial charge in [-0.3, -0.25) is 14.5 Å². The lowest BCUT2D eigenvalue weighted by Crippen LogP contribution is -2.26. The number of carboxylic acids is 1. The average Bonchev–Trinajstić information content (AvgIpc) is 2.41. The summed E-state index contributed by atoms with van der Waals surface area (Å²) in [5.41, 5.74) is 0.976. The van der Waals surface area contributed by atoms with E-state index in [0.717, 1.165) is 18.7 Å². The number of aryl methyl sites for hydroxylation is 1. The molecule has 6 heteroatoms. The van der Waals surface area contributed by atoms with Crippen LogP contribution >= 0.6 is 0 Å². The molecular formula is C16H26N2O4. The zero-order valence-corrected chi connectivity index (χ0v) is 13.8. The summed E-state index contributed by atoms with van der Waals surface area (Å²) in [6.07, 6.45) is 0.967. The third-order valence-corrected chi connectivity index (χ3v) is 3.66. The van der Waals surface area contributed by atoms with E-state index in [2.05, 4.69) is 13.8 Å². The Morgan fingerprint density at radius 3 is 2.59 bits per heavy atom. The van der Waals surface area contributed by atoms with Crippen molar-refractivity contribution < 1.29 is 15.0 Å². The third kappa shape index (κ3) is 5.18. The molecule has 0 aliphatic rings. The second-order valence-electron chi connectivity index (χ2n) is 6.16. The molecule has 0 aromatic carbocycles. The summed E-state index contributed by atoms with van der Waals surface area (Å²) in [7, 11) is 1.78. The molecular weight excluding hydrogens is 284 g/mol. The predicted molar refractivity (Wildman–Crippen MR) is 85.1 cm³/mol. The number of aliphatic carboxylic acids is 1. The van der Waals surface area contributed by atoms with Gasteiger partial charge in [-0.25, -0.2) is 0 Å². The Hall–Kier alpha value is -1.82. The largest absolute Gasteiger partial charge is 0.503 e. The summed E-state index contributed by atoms with van der Waals surface area (Å²) in [4.78, 5) is 24.3. The molecule has 1 rings (SSSR count). The van der Waals surface area contributed by atoms with Crippen molar-refractivity contribution in [1.29, 1.82) is 0 Å². The molecule has 0 unspecified atom stereocenters. The monoisotopic (exact) mass is 310 g/mol. The fourth-order valence-corrected chi connectivity index (χ4v) is 2.30. The first-order valence-corrected chi connectivity index (χ1v) is 7.55. The molecule has 6 nitrogen and oxygen atoms in total. The Morgan fingerprint density at radius 2 is 2.05 bits per heavy atom. The maximum atomic E-state index is 11.8. The summed E-state index contributed by atoms with van der Waals surface area (Å²) in [6.45, 7) is 7.52.